The largest absolute Gasteiger partial charge is 0.478 e. The third-order valence-electron chi connectivity index (χ3n) is 17.0. The van der Waals surface area contributed by atoms with E-state index in [0.29, 0.717) is 320 Å². The molecule has 0 bridgehead atoms. The lowest BCUT2D eigenvalue weighted by molar-refractivity contribution is -0.385. The number of ketones is 4. The number of aromatic carboxylic acids is 2. The van der Waals surface area contributed by atoms with Gasteiger partial charge in [0.25, 0.3) is 5.69 Å². The Kier molecular flexibility index (Phi) is 40.4. The molecule has 2 heterocycles. The number of aromatic nitrogens is 1. The lowest BCUT2D eigenvalue weighted by atomic mass is 9.85. The summed E-state index contributed by atoms with van der Waals surface area (Å²) in [5.74, 6) is -2.44. The van der Waals surface area contributed by atoms with E-state index in [2.05, 4.69) is 15.4 Å². The number of fused-ring (bicyclic) bond motifs is 2. The molecule has 105 heavy (non-hydrogen) atoms. The number of carbonyl (C=O) groups is 6. The minimum absolute atomic E-state index is 0.111. The number of nitro groups is 1. The molecule has 4 aromatic carbocycles. The first-order valence-corrected chi connectivity index (χ1v) is 36.4. The Hall–Kier alpha value is -7.59. The fourth-order valence-corrected chi connectivity index (χ4v) is 11.7. The molecular weight excluding hydrogens is 1370 g/mol. The monoisotopic (exact) mass is 1470 g/mol. The second-order valence-corrected chi connectivity index (χ2v) is 25.0. The number of benzene rings is 4. The number of anilines is 3. The van der Waals surface area contributed by atoms with Gasteiger partial charge in [0.1, 0.15) is 22.9 Å². The highest BCUT2D eigenvalue weighted by molar-refractivity contribution is 6.29. The number of piperidine rings is 1. The molecule has 1 fully saturated rings. The standard InChI is InChI=1S/C76H104N4O25/c1-56-19-20-57(67(50-56)80(89)90)11-6-22-91-26-30-95-34-38-99-42-46-103-47-43-100-39-35-96-31-27-92-23-7-14-62(81)12-4-13-63(82)15-8-24-93-28-32-97-36-40-101-44-48-104-49-45-102-41-37-98-33-29-94-25-9-18-69(83)58-10-5-21-79(55-58)68-54-66(77-61-52-59(75(85)86)51-60(53-61)76(87)88)70-71-72(68)78-105-74(71)65-17-3-2-16-64(65)73(70)84/h2-3,16-17,19-20,50-54,58,77H,4-15,18,21-49,55H2,1H3,(H,85,86)(H,87,88)/t58-/m1/s1. The number of rotatable bonds is 63. The maximum atomic E-state index is 14.2. The van der Waals surface area contributed by atoms with Crippen molar-refractivity contribution in [3.05, 3.63) is 110 Å². The van der Waals surface area contributed by atoms with Gasteiger partial charge in [-0.05, 0) is 88.1 Å². The van der Waals surface area contributed by atoms with Crippen molar-refractivity contribution < 1.29 is 115 Å². The summed E-state index contributed by atoms with van der Waals surface area (Å²) < 4.78 is 83.9. The summed E-state index contributed by atoms with van der Waals surface area (Å²) in [5.41, 5.74) is 4.01. The predicted octanol–water partition coefficient (Wildman–Crippen LogP) is 9.70. The Balaban J connectivity index is 0.565. The van der Waals surface area contributed by atoms with Crippen molar-refractivity contribution in [2.24, 2.45) is 5.92 Å². The Bertz CT molecular complexity index is 3420. The molecule has 0 radical (unpaired) electrons. The summed E-state index contributed by atoms with van der Waals surface area (Å²) in [7, 11) is 0. The van der Waals surface area contributed by atoms with Gasteiger partial charge in [-0.15, -0.1) is 0 Å². The zero-order valence-corrected chi connectivity index (χ0v) is 60.5. The van der Waals surface area contributed by atoms with Gasteiger partial charge in [0.05, 0.1) is 197 Å². The fraction of sp³-hybridized carbons (Fsp3) is 0.592. The molecule has 29 nitrogen and oxygen atoms in total. The molecule has 0 amide bonds. The van der Waals surface area contributed by atoms with Gasteiger partial charge in [0, 0.05) is 106 Å². The molecule has 29 heteroatoms. The number of nitro benzene ring substituents is 1. The number of Topliss-reactive ketones (excluding diaryl/α,β-unsaturated/α-hetero) is 3. The highest BCUT2D eigenvalue weighted by atomic mass is 16.6. The van der Waals surface area contributed by atoms with E-state index in [9.17, 15) is 49.1 Å². The van der Waals surface area contributed by atoms with Crippen LogP contribution in [0.2, 0.25) is 0 Å². The average molecular weight is 1470 g/mol. The summed E-state index contributed by atoms with van der Waals surface area (Å²) in [6.45, 7) is 14.8. The van der Waals surface area contributed by atoms with Crippen molar-refractivity contribution in [3.8, 4) is 11.3 Å². The lowest BCUT2D eigenvalue weighted by Crippen LogP contribution is -2.39. The molecule has 578 valence electrons. The van der Waals surface area contributed by atoms with E-state index in [0.717, 1.165) is 18.1 Å². The molecule has 7 rings (SSSR count). The van der Waals surface area contributed by atoms with E-state index in [1.165, 1.54) is 12.1 Å². The molecule has 1 saturated heterocycles. The second-order valence-electron chi connectivity index (χ2n) is 25.0. The number of carbonyl (C=O) groups excluding carboxylic acids is 4. The third-order valence-corrected chi connectivity index (χ3v) is 17.0. The number of nitrogens with one attached hydrogen (secondary N) is 1. The van der Waals surface area contributed by atoms with E-state index in [-0.39, 0.29) is 62.0 Å². The number of hydrogen-bond acceptors (Lipinski definition) is 26. The first kappa shape index (κ1) is 84.7. The topological polar surface area (TPSA) is 357 Å². The van der Waals surface area contributed by atoms with Crippen molar-refractivity contribution in [1.29, 1.82) is 0 Å². The van der Waals surface area contributed by atoms with Crippen molar-refractivity contribution in [2.45, 2.75) is 90.4 Å². The van der Waals surface area contributed by atoms with Crippen LogP contribution < -0.4 is 10.2 Å². The lowest BCUT2D eigenvalue weighted by Gasteiger charge is -2.34. The number of carboxylic acids is 2. The summed E-state index contributed by atoms with van der Waals surface area (Å²) in [4.78, 5) is 89.3. The summed E-state index contributed by atoms with van der Waals surface area (Å²) in [5, 5.41) is 38.9. The van der Waals surface area contributed by atoms with Crippen molar-refractivity contribution >= 4 is 68.7 Å². The number of hydrogen-bond donors (Lipinski definition) is 3. The van der Waals surface area contributed by atoms with Crippen LogP contribution in [0.4, 0.5) is 22.7 Å². The van der Waals surface area contributed by atoms with Gasteiger partial charge in [0.2, 0.25) is 0 Å². The van der Waals surface area contributed by atoms with Crippen LogP contribution in [-0.4, -0.2) is 253 Å². The minimum atomic E-state index is -1.31. The highest BCUT2D eigenvalue weighted by Gasteiger charge is 2.36. The number of nitrogens with zero attached hydrogens (tertiary/aromatic N) is 3. The van der Waals surface area contributed by atoms with Crippen LogP contribution in [0, 0.1) is 23.0 Å². The number of ether oxygens (including phenoxy) is 14. The van der Waals surface area contributed by atoms with Gasteiger partial charge < -0.3 is 91.3 Å². The highest BCUT2D eigenvalue weighted by Crippen LogP contribution is 2.47. The maximum absolute atomic E-state index is 14.2. The van der Waals surface area contributed by atoms with Crippen molar-refractivity contribution in [2.75, 3.05) is 208 Å². The molecule has 0 spiro atoms. The normalized spacial score (nSPS) is 13.4. The van der Waals surface area contributed by atoms with Crippen LogP contribution in [0.25, 0.3) is 22.2 Å². The predicted molar refractivity (Wildman–Crippen MR) is 386 cm³/mol. The minimum Gasteiger partial charge on any atom is -0.478 e. The van der Waals surface area contributed by atoms with Crippen molar-refractivity contribution in [3.63, 3.8) is 0 Å². The van der Waals surface area contributed by atoms with Crippen LogP contribution in [0.3, 0.4) is 0 Å². The molecule has 5 aromatic rings. The van der Waals surface area contributed by atoms with Gasteiger partial charge >= 0.3 is 11.9 Å². The molecule has 0 saturated carbocycles. The van der Waals surface area contributed by atoms with Gasteiger partial charge in [-0.2, -0.15) is 0 Å². The van der Waals surface area contributed by atoms with Gasteiger partial charge in [-0.1, -0.05) is 41.6 Å². The van der Waals surface area contributed by atoms with Gasteiger partial charge in [-0.3, -0.25) is 29.3 Å². The molecule has 1 aliphatic heterocycles. The molecule has 1 aromatic heterocycles. The SMILES string of the molecule is Cc1ccc(CCCOCCOCCOCCOCCOCCOCCOCCCC(=O)CCCC(=O)CCCOCCOCCOCCOCCOCCOCCOCCCC(=O)[C@@H]2CCCN(c3cc(Nc4cc(C(=O)O)cc(C(=O)O)c4)c4c5c(onc35)-c3ccccc3C4=O)C2)c([N+](=O)[O-])c1. The Morgan fingerprint density at radius 1 is 0.533 bits per heavy atom. The second kappa shape index (κ2) is 50.1. The van der Waals surface area contributed by atoms with Crippen LogP contribution in [0.15, 0.2) is 71.3 Å². The summed E-state index contributed by atoms with van der Waals surface area (Å²) in [6, 6.07) is 17.7. The first-order valence-electron chi connectivity index (χ1n) is 36.4. The first-order chi connectivity index (χ1) is 51.3. The molecule has 1 atom stereocenters. The molecule has 0 unspecified atom stereocenters. The zero-order chi connectivity index (χ0) is 74.5. The number of carboxylic acid groups (broad SMARTS) is 2. The van der Waals surface area contributed by atoms with E-state index < -0.39 is 11.9 Å². The average Bonchev–Trinajstić information content (AvgIpc) is 1.66. The van der Waals surface area contributed by atoms with Gasteiger partial charge in [0.15, 0.2) is 11.5 Å². The van der Waals surface area contributed by atoms with E-state index >= 15 is 0 Å². The quantitative estimate of drug-likeness (QED) is 0.0182. The molecule has 2 aliphatic rings. The zero-order valence-electron chi connectivity index (χ0n) is 60.5. The van der Waals surface area contributed by atoms with E-state index in [1.807, 2.05) is 13.0 Å². The van der Waals surface area contributed by atoms with Crippen LogP contribution >= 0.6 is 0 Å². The van der Waals surface area contributed by atoms with Crippen LogP contribution in [0.5, 0.6) is 0 Å². The summed E-state index contributed by atoms with van der Waals surface area (Å²) >= 11 is 0. The summed E-state index contributed by atoms with van der Waals surface area (Å²) in [6.07, 6.45) is 6.94. The van der Waals surface area contributed by atoms with E-state index in [4.69, 9.17) is 70.8 Å². The Morgan fingerprint density at radius 2 is 0.952 bits per heavy atom. The number of aryl methyl sites for hydroxylation is 2. The van der Waals surface area contributed by atoms with Crippen LogP contribution in [-0.2, 0) is 87.1 Å². The molecular formula is C76H104N4O25. The van der Waals surface area contributed by atoms with Crippen LogP contribution in [0.1, 0.15) is 125 Å². The maximum Gasteiger partial charge on any atom is 0.335 e. The smallest absolute Gasteiger partial charge is 0.335 e. The van der Waals surface area contributed by atoms with Crippen molar-refractivity contribution in [1.82, 2.24) is 5.16 Å². The molecule has 1 aliphatic carbocycles. The Morgan fingerprint density at radius 3 is 1.40 bits per heavy atom. The third kappa shape index (κ3) is 31.4. The molecule has 3 N–H and O–H groups in total. The van der Waals surface area contributed by atoms with Gasteiger partial charge in [-0.25, -0.2) is 9.59 Å². The Labute approximate surface area is 612 Å². The fourth-order valence-electron chi connectivity index (χ4n) is 11.7. The van der Waals surface area contributed by atoms with E-state index in [1.54, 1.807) is 42.5 Å².